The third-order valence-electron chi connectivity index (χ3n) is 7.14. The van der Waals surface area contributed by atoms with Crippen molar-refractivity contribution in [1.82, 2.24) is 20.1 Å². The minimum absolute atomic E-state index is 0.0208. The average molecular weight is 473 g/mol. The molecule has 0 unspecified atom stereocenters. The molecule has 0 saturated carbocycles. The maximum atomic E-state index is 12.4. The predicted octanol–water partition coefficient (Wildman–Crippen LogP) is 4.58. The number of pyridine rings is 1. The SMILES string of the molecule is Cc1ccc(CN2CCOCC2)cc1-c1cnc2c(c1)C(C1=CCN(C(=O)NC(C)C)CC1)=CC2. The molecule has 0 spiro atoms. The van der Waals surface area contributed by atoms with Crippen LogP contribution in [-0.4, -0.2) is 66.2 Å². The van der Waals surface area contributed by atoms with E-state index >= 15 is 0 Å². The first-order valence-electron chi connectivity index (χ1n) is 12.8. The van der Waals surface area contributed by atoms with E-state index in [1.807, 2.05) is 24.9 Å². The quantitative estimate of drug-likeness (QED) is 0.692. The zero-order valence-electron chi connectivity index (χ0n) is 21.1. The summed E-state index contributed by atoms with van der Waals surface area (Å²) in [5, 5.41) is 3.00. The molecule has 3 aliphatic rings. The molecule has 1 N–H and O–H groups in total. The lowest BCUT2D eigenvalue weighted by Crippen LogP contribution is -2.44. The van der Waals surface area contributed by atoms with Gasteiger partial charge in [0.1, 0.15) is 0 Å². The molecule has 2 aliphatic heterocycles. The molecule has 35 heavy (non-hydrogen) atoms. The van der Waals surface area contributed by atoms with Gasteiger partial charge in [-0.15, -0.1) is 0 Å². The number of carbonyl (C=O) groups excluding carboxylic acids is 1. The van der Waals surface area contributed by atoms with Crippen LogP contribution in [0.4, 0.5) is 4.79 Å². The topological polar surface area (TPSA) is 57.7 Å². The molecule has 0 radical (unpaired) electrons. The summed E-state index contributed by atoms with van der Waals surface area (Å²) in [6, 6.07) is 9.30. The van der Waals surface area contributed by atoms with Gasteiger partial charge >= 0.3 is 6.03 Å². The highest BCUT2D eigenvalue weighted by Gasteiger charge is 2.24. The number of fused-ring (bicyclic) bond motifs is 1. The Labute approximate surface area is 208 Å². The molecule has 1 fully saturated rings. The van der Waals surface area contributed by atoms with Crippen molar-refractivity contribution >= 4 is 11.6 Å². The van der Waals surface area contributed by atoms with Crippen molar-refractivity contribution in [2.24, 2.45) is 0 Å². The monoisotopic (exact) mass is 472 g/mol. The number of rotatable bonds is 5. The van der Waals surface area contributed by atoms with E-state index in [1.165, 1.54) is 39.0 Å². The summed E-state index contributed by atoms with van der Waals surface area (Å²) in [6.45, 7) is 12.1. The van der Waals surface area contributed by atoms with Crippen molar-refractivity contribution in [3.63, 3.8) is 0 Å². The number of nitrogens with zero attached hydrogens (tertiary/aromatic N) is 3. The first-order valence-corrected chi connectivity index (χ1v) is 12.8. The summed E-state index contributed by atoms with van der Waals surface area (Å²) in [5.74, 6) is 0. The molecule has 184 valence electrons. The minimum atomic E-state index is 0.0208. The lowest BCUT2D eigenvalue weighted by atomic mass is 9.92. The summed E-state index contributed by atoms with van der Waals surface area (Å²) in [5.41, 5.74) is 10.0. The van der Waals surface area contributed by atoms with E-state index in [1.54, 1.807) is 0 Å². The maximum Gasteiger partial charge on any atom is 0.317 e. The normalized spacial score (nSPS) is 18.3. The van der Waals surface area contributed by atoms with E-state index in [0.717, 1.165) is 57.9 Å². The van der Waals surface area contributed by atoms with E-state index in [-0.39, 0.29) is 12.1 Å². The largest absolute Gasteiger partial charge is 0.379 e. The van der Waals surface area contributed by atoms with Gasteiger partial charge in [0, 0.05) is 62.5 Å². The Kier molecular flexibility index (Phi) is 7.02. The molecule has 0 bridgehead atoms. The third kappa shape index (κ3) is 5.34. The fraction of sp³-hybridized carbons (Fsp3) is 0.448. The van der Waals surface area contributed by atoms with Crippen LogP contribution in [0.2, 0.25) is 0 Å². The number of hydrogen-bond acceptors (Lipinski definition) is 4. The summed E-state index contributed by atoms with van der Waals surface area (Å²) < 4.78 is 5.50. The first kappa shape index (κ1) is 23.8. The van der Waals surface area contributed by atoms with Gasteiger partial charge in [-0.25, -0.2) is 4.79 Å². The summed E-state index contributed by atoms with van der Waals surface area (Å²) in [7, 11) is 0. The molecule has 1 aromatic heterocycles. The fourth-order valence-electron chi connectivity index (χ4n) is 5.18. The van der Waals surface area contributed by atoms with Crippen molar-refractivity contribution in [2.45, 2.75) is 46.2 Å². The number of morpholine rings is 1. The number of allylic oxidation sites excluding steroid dienone is 2. The van der Waals surface area contributed by atoms with Crippen LogP contribution in [-0.2, 0) is 17.7 Å². The standard InChI is InChI=1S/C29H36N4O2/c1-20(2)31-29(34)33-10-8-23(9-11-33)25-6-7-28-27(25)17-24(18-30-28)26-16-22(5-4-21(26)3)19-32-12-14-35-15-13-32/h4-6,8,16-18,20H,7,9-15,19H2,1-3H3,(H,31,34). The smallest absolute Gasteiger partial charge is 0.317 e. The molecule has 2 amide bonds. The number of amides is 2. The van der Waals surface area contributed by atoms with Crippen LogP contribution in [0.5, 0.6) is 0 Å². The molecule has 6 nitrogen and oxygen atoms in total. The number of carbonyl (C=O) groups is 1. The van der Waals surface area contributed by atoms with Crippen molar-refractivity contribution in [3.8, 4) is 11.1 Å². The van der Waals surface area contributed by atoms with Gasteiger partial charge in [0.25, 0.3) is 0 Å². The fourth-order valence-corrected chi connectivity index (χ4v) is 5.18. The van der Waals surface area contributed by atoms with Gasteiger partial charge in [-0.1, -0.05) is 24.3 Å². The maximum absolute atomic E-state index is 12.4. The first-order chi connectivity index (χ1) is 17.0. The Balaban J connectivity index is 1.35. The van der Waals surface area contributed by atoms with Gasteiger partial charge in [-0.05, 0) is 67.2 Å². The number of benzene rings is 1. The van der Waals surface area contributed by atoms with Crippen LogP contribution in [0.25, 0.3) is 16.7 Å². The van der Waals surface area contributed by atoms with Gasteiger partial charge in [-0.3, -0.25) is 9.88 Å². The van der Waals surface area contributed by atoms with Crippen molar-refractivity contribution in [2.75, 3.05) is 39.4 Å². The number of aryl methyl sites for hydroxylation is 1. The highest BCUT2D eigenvalue weighted by Crippen LogP contribution is 2.37. The Bertz CT molecular complexity index is 1160. The summed E-state index contributed by atoms with van der Waals surface area (Å²) in [4.78, 5) is 21.6. The number of urea groups is 1. The van der Waals surface area contributed by atoms with Gasteiger partial charge < -0.3 is 15.0 Å². The molecule has 2 aromatic rings. The van der Waals surface area contributed by atoms with Gasteiger partial charge in [0.05, 0.1) is 18.9 Å². The molecular formula is C29H36N4O2. The lowest BCUT2D eigenvalue weighted by molar-refractivity contribution is 0.0342. The molecule has 6 heteroatoms. The second-order valence-corrected chi connectivity index (χ2v) is 10.1. The lowest BCUT2D eigenvalue weighted by Gasteiger charge is -2.28. The summed E-state index contributed by atoms with van der Waals surface area (Å²) in [6.07, 6.45) is 8.29. The molecule has 1 saturated heterocycles. The highest BCUT2D eigenvalue weighted by atomic mass is 16.5. The van der Waals surface area contributed by atoms with Crippen LogP contribution in [0.15, 0.2) is 48.2 Å². The van der Waals surface area contributed by atoms with Crippen molar-refractivity contribution in [1.29, 1.82) is 0 Å². The Hall–Kier alpha value is -2.96. The van der Waals surface area contributed by atoms with E-state index in [2.05, 4.69) is 53.6 Å². The van der Waals surface area contributed by atoms with Crippen LogP contribution >= 0.6 is 0 Å². The van der Waals surface area contributed by atoms with E-state index < -0.39 is 0 Å². The van der Waals surface area contributed by atoms with Crippen LogP contribution < -0.4 is 5.32 Å². The van der Waals surface area contributed by atoms with Gasteiger partial charge in [-0.2, -0.15) is 0 Å². The Morgan fingerprint density at radius 2 is 1.94 bits per heavy atom. The minimum Gasteiger partial charge on any atom is -0.379 e. The third-order valence-corrected chi connectivity index (χ3v) is 7.14. The highest BCUT2D eigenvalue weighted by molar-refractivity contribution is 5.86. The Morgan fingerprint density at radius 1 is 1.11 bits per heavy atom. The van der Waals surface area contributed by atoms with Crippen LogP contribution in [0.1, 0.15) is 42.7 Å². The summed E-state index contributed by atoms with van der Waals surface area (Å²) >= 11 is 0. The zero-order valence-corrected chi connectivity index (χ0v) is 21.1. The zero-order chi connectivity index (χ0) is 24.4. The van der Waals surface area contributed by atoms with Crippen molar-refractivity contribution in [3.05, 3.63) is 70.6 Å². The van der Waals surface area contributed by atoms with Gasteiger partial charge in [0.2, 0.25) is 0 Å². The predicted molar refractivity (Wildman–Crippen MR) is 140 cm³/mol. The molecule has 0 atom stereocenters. The van der Waals surface area contributed by atoms with Crippen molar-refractivity contribution < 1.29 is 9.53 Å². The van der Waals surface area contributed by atoms with Crippen LogP contribution in [0.3, 0.4) is 0 Å². The molecule has 3 heterocycles. The number of hydrogen-bond donors (Lipinski definition) is 1. The molecule has 1 aromatic carbocycles. The second-order valence-electron chi connectivity index (χ2n) is 10.1. The molecule has 5 rings (SSSR count). The van der Waals surface area contributed by atoms with E-state index in [4.69, 9.17) is 9.72 Å². The second kappa shape index (κ2) is 10.3. The number of aromatic nitrogens is 1. The average Bonchev–Trinajstić information content (AvgIpc) is 3.29. The van der Waals surface area contributed by atoms with E-state index in [0.29, 0.717) is 6.54 Å². The van der Waals surface area contributed by atoms with E-state index in [9.17, 15) is 4.79 Å². The van der Waals surface area contributed by atoms with Gasteiger partial charge in [0.15, 0.2) is 0 Å². The molecular weight excluding hydrogens is 436 g/mol. The number of nitrogens with one attached hydrogen (secondary N) is 1. The molecule has 1 aliphatic carbocycles. The Morgan fingerprint density at radius 3 is 2.69 bits per heavy atom. The van der Waals surface area contributed by atoms with Crippen LogP contribution in [0, 0.1) is 6.92 Å². The number of ether oxygens (including phenoxy) is 1.